The summed E-state index contributed by atoms with van der Waals surface area (Å²) in [5.74, 6) is 0.338. The number of amides is 4. The van der Waals surface area contributed by atoms with Crippen LogP contribution < -0.4 is 25.6 Å². The molecule has 0 aliphatic carbocycles. The molecule has 4 amide bonds. The smallest absolute Gasteiger partial charge is 0.415 e. The maximum absolute atomic E-state index is 13.0. The number of hydrogen-bond acceptors (Lipinski definition) is 9. The minimum absolute atomic E-state index is 0.107. The molecule has 2 aliphatic heterocycles. The third kappa shape index (κ3) is 7.32. The van der Waals surface area contributed by atoms with E-state index in [2.05, 4.69) is 16.0 Å². The molecule has 3 heterocycles. The predicted octanol–water partition coefficient (Wildman–Crippen LogP) is 4.50. The lowest BCUT2D eigenvalue weighted by Crippen LogP contribution is -2.48. The highest BCUT2D eigenvalue weighted by Gasteiger charge is 2.46. The normalized spacial score (nSPS) is 18.5. The number of hydrogen-bond donors (Lipinski definition) is 3. The van der Waals surface area contributed by atoms with Gasteiger partial charge in [0.1, 0.15) is 36.1 Å². The van der Waals surface area contributed by atoms with Crippen LogP contribution in [-0.2, 0) is 14.3 Å². The fourth-order valence-corrected chi connectivity index (χ4v) is 5.62. The number of carbonyl (C=O) groups excluding carboxylic acids is 4. The van der Waals surface area contributed by atoms with Crippen molar-refractivity contribution in [2.75, 3.05) is 35.4 Å². The Bertz CT molecular complexity index is 1280. The molecule has 4 rings (SSSR count). The molecular formula is C26H31ClN4O7S2. The van der Waals surface area contributed by atoms with E-state index in [4.69, 9.17) is 25.8 Å². The Labute approximate surface area is 245 Å². The number of alkyl carbamates (subject to hydrolysis) is 1. The Morgan fingerprint density at radius 3 is 2.70 bits per heavy atom. The maximum atomic E-state index is 13.0. The van der Waals surface area contributed by atoms with E-state index in [0.717, 1.165) is 11.3 Å². The highest BCUT2D eigenvalue weighted by atomic mass is 35.5. The molecule has 216 valence electrons. The van der Waals surface area contributed by atoms with Crippen molar-refractivity contribution in [3.05, 3.63) is 39.5 Å². The number of halogens is 1. The summed E-state index contributed by atoms with van der Waals surface area (Å²) in [5, 5.41) is 8.23. The highest BCUT2D eigenvalue weighted by Crippen LogP contribution is 2.40. The number of nitrogens with zero attached hydrogens (tertiary/aromatic N) is 1. The topological polar surface area (TPSA) is 135 Å². The van der Waals surface area contributed by atoms with Gasteiger partial charge in [-0.25, -0.2) is 9.59 Å². The first-order valence-electron chi connectivity index (χ1n) is 12.5. The third-order valence-corrected chi connectivity index (χ3v) is 7.86. The molecule has 3 atom stereocenters. The van der Waals surface area contributed by atoms with E-state index in [9.17, 15) is 19.2 Å². The zero-order valence-electron chi connectivity index (χ0n) is 22.4. The van der Waals surface area contributed by atoms with E-state index in [-0.39, 0.29) is 19.1 Å². The number of cyclic esters (lactones) is 1. The Hall–Kier alpha value is -3.16. The molecule has 1 saturated heterocycles. The average molecular weight is 611 g/mol. The van der Waals surface area contributed by atoms with Crippen LogP contribution in [0.2, 0.25) is 4.34 Å². The first-order chi connectivity index (χ1) is 18.9. The summed E-state index contributed by atoms with van der Waals surface area (Å²) in [4.78, 5) is 52.4. The summed E-state index contributed by atoms with van der Waals surface area (Å²) >= 11 is 8.62. The van der Waals surface area contributed by atoms with Crippen molar-refractivity contribution in [1.82, 2.24) is 10.6 Å². The van der Waals surface area contributed by atoms with E-state index in [1.807, 2.05) is 6.26 Å². The average Bonchev–Trinajstić information content (AvgIpc) is 3.46. The van der Waals surface area contributed by atoms with Crippen molar-refractivity contribution in [2.45, 2.75) is 51.0 Å². The summed E-state index contributed by atoms with van der Waals surface area (Å²) in [6, 6.07) is 6.94. The van der Waals surface area contributed by atoms with Crippen LogP contribution >= 0.6 is 34.7 Å². The van der Waals surface area contributed by atoms with Gasteiger partial charge in [0.25, 0.3) is 5.91 Å². The van der Waals surface area contributed by atoms with Crippen LogP contribution in [0.4, 0.5) is 21.0 Å². The molecule has 11 nitrogen and oxygen atoms in total. The molecule has 0 radical (unpaired) electrons. The number of fused-ring (bicyclic) bond motifs is 3. The SMILES string of the molecule is CSCC[C@H](NC(=O)OC(C)(C)C)C(=O)Nc1ccc2c(c1)OC[C@H]1[C@H](CNC(=O)c3ccc(Cl)s3)OC(=O)N21. The van der Waals surface area contributed by atoms with Crippen LogP contribution in [0, 0.1) is 0 Å². The van der Waals surface area contributed by atoms with E-state index in [1.165, 1.54) is 4.90 Å². The summed E-state index contributed by atoms with van der Waals surface area (Å²) < 4.78 is 17.3. The first kappa shape index (κ1) is 29.8. The van der Waals surface area contributed by atoms with Gasteiger partial charge in [-0.1, -0.05) is 11.6 Å². The quantitative estimate of drug-likeness (QED) is 0.378. The van der Waals surface area contributed by atoms with E-state index < -0.39 is 41.9 Å². The number of anilines is 2. The van der Waals surface area contributed by atoms with Gasteiger partial charge in [0, 0.05) is 11.8 Å². The van der Waals surface area contributed by atoms with Crippen molar-refractivity contribution in [3.8, 4) is 5.75 Å². The van der Waals surface area contributed by atoms with Gasteiger partial charge < -0.3 is 30.2 Å². The number of ether oxygens (including phenoxy) is 3. The van der Waals surface area contributed by atoms with Gasteiger partial charge in [-0.3, -0.25) is 14.5 Å². The Morgan fingerprint density at radius 1 is 1.25 bits per heavy atom. The number of thioether (sulfide) groups is 1. The second kappa shape index (κ2) is 12.6. The minimum atomic E-state index is -0.807. The largest absolute Gasteiger partial charge is 0.489 e. The molecule has 0 unspecified atom stereocenters. The number of thiophene rings is 1. The molecule has 2 aliphatic rings. The van der Waals surface area contributed by atoms with Crippen LogP contribution in [0.3, 0.4) is 0 Å². The van der Waals surface area contributed by atoms with Crippen molar-refractivity contribution in [3.63, 3.8) is 0 Å². The van der Waals surface area contributed by atoms with Crippen LogP contribution in [-0.4, -0.2) is 72.9 Å². The van der Waals surface area contributed by atoms with E-state index >= 15 is 0 Å². The molecule has 40 heavy (non-hydrogen) atoms. The predicted molar refractivity (Wildman–Crippen MR) is 155 cm³/mol. The molecule has 1 fully saturated rings. The van der Waals surface area contributed by atoms with Gasteiger partial charge >= 0.3 is 12.2 Å². The fourth-order valence-electron chi connectivity index (χ4n) is 4.19. The number of rotatable bonds is 9. The van der Waals surface area contributed by atoms with Crippen molar-refractivity contribution < 1.29 is 33.4 Å². The Morgan fingerprint density at radius 2 is 2.02 bits per heavy atom. The molecule has 3 N–H and O–H groups in total. The summed E-state index contributed by atoms with van der Waals surface area (Å²) in [6.07, 6.45) is 0.481. The molecule has 0 saturated carbocycles. The van der Waals surface area contributed by atoms with Gasteiger partial charge in [-0.15, -0.1) is 11.3 Å². The molecular weight excluding hydrogens is 580 g/mol. The second-order valence-corrected chi connectivity index (χ2v) is 12.8. The lowest BCUT2D eigenvalue weighted by molar-refractivity contribution is -0.118. The molecule has 0 spiro atoms. The third-order valence-electron chi connectivity index (χ3n) is 5.99. The Balaban J connectivity index is 1.40. The van der Waals surface area contributed by atoms with Crippen LogP contribution in [0.1, 0.15) is 36.9 Å². The van der Waals surface area contributed by atoms with Crippen LogP contribution in [0.25, 0.3) is 0 Å². The van der Waals surface area contributed by atoms with Gasteiger partial charge in [-0.05, 0) is 63.5 Å². The lowest BCUT2D eigenvalue weighted by Gasteiger charge is -2.31. The highest BCUT2D eigenvalue weighted by molar-refractivity contribution is 7.98. The first-order valence-corrected chi connectivity index (χ1v) is 15.1. The summed E-state index contributed by atoms with van der Waals surface area (Å²) in [5.41, 5.74) is 0.232. The van der Waals surface area contributed by atoms with Crippen LogP contribution in [0.15, 0.2) is 30.3 Å². The zero-order chi connectivity index (χ0) is 29.0. The molecule has 1 aromatic carbocycles. The standard InChI is InChI=1S/C26H31ClN4O7S2/c1-26(2,3)38-24(34)30-15(9-10-39-4)22(32)29-14-5-6-16-18(11-14)36-13-17-19(37-25(35)31(16)17)12-28-23(33)20-7-8-21(27)40-20/h5-8,11,15,17,19H,9-10,12-13H2,1-4H3,(H,28,33)(H,29,32)(H,30,34)/t15-,17-,19-/m0/s1. The summed E-state index contributed by atoms with van der Waals surface area (Å²) in [6.45, 7) is 5.49. The molecule has 1 aromatic heterocycles. The maximum Gasteiger partial charge on any atom is 0.415 e. The molecule has 14 heteroatoms. The van der Waals surface area contributed by atoms with Crippen molar-refractivity contribution >= 4 is 70.1 Å². The van der Waals surface area contributed by atoms with Gasteiger partial charge in [-0.2, -0.15) is 11.8 Å². The molecule has 0 bridgehead atoms. The van der Waals surface area contributed by atoms with E-state index in [0.29, 0.717) is 38.5 Å². The lowest BCUT2D eigenvalue weighted by atomic mass is 10.1. The molecule has 2 aromatic rings. The van der Waals surface area contributed by atoms with Crippen molar-refractivity contribution in [1.29, 1.82) is 0 Å². The zero-order valence-corrected chi connectivity index (χ0v) is 24.8. The number of carbonyl (C=O) groups is 4. The minimum Gasteiger partial charge on any atom is -0.489 e. The van der Waals surface area contributed by atoms with Gasteiger partial charge in [0.2, 0.25) is 5.91 Å². The van der Waals surface area contributed by atoms with Gasteiger partial charge in [0.15, 0.2) is 0 Å². The number of benzene rings is 1. The number of nitrogens with one attached hydrogen (secondary N) is 3. The Kier molecular flexibility index (Phi) is 9.37. The van der Waals surface area contributed by atoms with Gasteiger partial charge in [0.05, 0.1) is 21.4 Å². The summed E-state index contributed by atoms with van der Waals surface area (Å²) in [7, 11) is 0. The van der Waals surface area contributed by atoms with Crippen molar-refractivity contribution in [2.24, 2.45) is 0 Å². The van der Waals surface area contributed by atoms with Crippen LogP contribution in [0.5, 0.6) is 5.75 Å². The monoisotopic (exact) mass is 610 g/mol. The second-order valence-electron chi connectivity index (χ2n) is 10.1. The fraction of sp³-hybridized carbons (Fsp3) is 0.462. The van der Waals surface area contributed by atoms with E-state index in [1.54, 1.807) is 62.9 Å².